The Labute approximate surface area is 156 Å². The molecule has 0 bridgehead atoms. The number of piperidine rings is 1. The van der Waals surface area contributed by atoms with Crippen LogP contribution in [0.4, 0.5) is 10.9 Å². The summed E-state index contributed by atoms with van der Waals surface area (Å²) in [4.78, 5) is 19.1. The zero-order valence-electron chi connectivity index (χ0n) is 14.9. The predicted octanol–water partition coefficient (Wildman–Crippen LogP) is 3.14. The Balaban J connectivity index is 1.58. The lowest BCUT2D eigenvalue weighted by Crippen LogP contribution is -2.33. The zero-order valence-corrected chi connectivity index (χ0v) is 15.8. The highest BCUT2D eigenvalue weighted by Crippen LogP contribution is 2.32. The van der Waals surface area contributed by atoms with E-state index in [2.05, 4.69) is 35.4 Å². The van der Waals surface area contributed by atoms with Gasteiger partial charge < -0.3 is 10.3 Å². The lowest BCUT2D eigenvalue weighted by atomic mass is 9.98. The van der Waals surface area contributed by atoms with Gasteiger partial charge in [0, 0.05) is 24.5 Å². The van der Waals surface area contributed by atoms with E-state index in [1.54, 1.807) is 6.33 Å². The summed E-state index contributed by atoms with van der Waals surface area (Å²) in [6.07, 6.45) is 7.15. The number of imidazole rings is 1. The van der Waals surface area contributed by atoms with Gasteiger partial charge in [0.05, 0.1) is 18.1 Å². The number of likely N-dealkylation sites (tertiary alicyclic amines) is 1. The van der Waals surface area contributed by atoms with Crippen LogP contribution in [0.5, 0.6) is 0 Å². The summed E-state index contributed by atoms with van der Waals surface area (Å²) in [5.74, 6) is 1.54. The van der Waals surface area contributed by atoms with Gasteiger partial charge in [-0.05, 0) is 33.2 Å². The number of hydrogen-bond acceptors (Lipinski definition) is 8. The van der Waals surface area contributed by atoms with Crippen LogP contribution < -0.4 is 5.32 Å². The second-order valence-corrected chi connectivity index (χ2v) is 7.72. The summed E-state index contributed by atoms with van der Waals surface area (Å²) >= 11 is 1.52. The van der Waals surface area contributed by atoms with Crippen molar-refractivity contribution in [2.45, 2.75) is 45.7 Å². The van der Waals surface area contributed by atoms with E-state index >= 15 is 0 Å². The molecule has 26 heavy (non-hydrogen) atoms. The molecule has 1 aliphatic rings. The summed E-state index contributed by atoms with van der Waals surface area (Å²) in [6.45, 7) is 5.79. The molecule has 1 saturated heterocycles. The first-order valence-corrected chi connectivity index (χ1v) is 9.63. The van der Waals surface area contributed by atoms with Gasteiger partial charge in [0.2, 0.25) is 5.13 Å². The van der Waals surface area contributed by atoms with Gasteiger partial charge in [-0.2, -0.15) is 0 Å². The van der Waals surface area contributed by atoms with Gasteiger partial charge in [-0.1, -0.05) is 17.8 Å². The number of aryl methyl sites for hydroxylation is 2. The van der Waals surface area contributed by atoms with Gasteiger partial charge in [0.15, 0.2) is 0 Å². The van der Waals surface area contributed by atoms with E-state index in [1.165, 1.54) is 24.2 Å². The van der Waals surface area contributed by atoms with E-state index in [0.29, 0.717) is 0 Å². The summed E-state index contributed by atoms with van der Waals surface area (Å²) < 4.78 is 0. The van der Waals surface area contributed by atoms with Crippen molar-refractivity contribution in [3.05, 3.63) is 40.8 Å². The van der Waals surface area contributed by atoms with Crippen LogP contribution in [0.2, 0.25) is 0 Å². The SMILES string of the molecule is Cc1nc(Nc2nnc(C)s2)cc([C@@H]2CCCCN2Cc2cnc[nH]2)n1. The fourth-order valence-electron chi connectivity index (χ4n) is 3.39. The third-order valence-electron chi connectivity index (χ3n) is 4.50. The zero-order chi connectivity index (χ0) is 17.9. The smallest absolute Gasteiger partial charge is 0.211 e. The molecule has 0 radical (unpaired) electrons. The van der Waals surface area contributed by atoms with Crippen molar-refractivity contribution < 1.29 is 0 Å². The molecule has 2 N–H and O–H groups in total. The van der Waals surface area contributed by atoms with Crippen LogP contribution in [0.3, 0.4) is 0 Å². The molecule has 1 fully saturated rings. The second kappa shape index (κ2) is 7.46. The van der Waals surface area contributed by atoms with Crippen molar-refractivity contribution in [3.63, 3.8) is 0 Å². The number of hydrogen-bond donors (Lipinski definition) is 2. The summed E-state index contributed by atoms with van der Waals surface area (Å²) in [5, 5.41) is 13.1. The third-order valence-corrected chi connectivity index (χ3v) is 5.26. The normalized spacial score (nSPS) is 18.2. The Morgan fingerprint density at radius 2 is 2.19 bits per heavy atom. The molecule has 0 spiro atoms. The van der Waals surface area contributed by atoms with Crippen LogP contribution in [0, 0.1) is 13.8 Å². The van der Waals surface area contributed by atoms with E-state index in [1.807, 2.05) is 26.1 Å². The van der Waals surface area contributed by atoms with Crippen molar-refractivity contribution in [2.24, 2.45) is 0 Å². The molecule has 0 aliphatic carbocycles. The number of H-pyrrole nitrogens is 1. The molecule has 8 nitrogen and oxygen atoms in total. The van der Waals surface area contributed by atoms with Crippen LogP contribution in [-0.4, -0.2) is 41.6 Å². The average Bonchev–Trinajstić information content (AvgIpc) is 3.27. The molecular weight excluding hydrogens is 348 g/mol. The van der Waals surface area contributed by atoms with Crippen molar-refractivity contribution in [2.75, 3.05) is 11.9 Å². The highest BCUT2D eigenvalue weighted by molar-refractivity contribution is 7.15. The third kappa shape index (κ3) is 3.88. The minimum absolute atomic E-state index is 0.283. The maximum absolute atomic E-state index is 4.73. The van der Waals surface area contributed by atoms with E-state index < -0.39 is 0 Å². The van der Waals surface area contributed by atoms with Gasteiger partial charge >= 0.3 is 0 Å². The molecule has 0 saturated carbocycles. The Hall–Kier alpha value is -2.39. The maximum Gasteiger partial charge on any atom is 0.211 e. The first-order chi connectivity index (χ1) is 12.7. The van der Waals surface area contributed by atoms with Crippen LogP contribution in [-0.2, 0) is 6.54 Å². The quantitative estimate of drug-likeness (QED) is 0.712. The summed E-state index contributed by atoms with van der Waals surface area (Å²) in [7, 11) is 0. The Bertz CT molecular complexity index is 860. The summed E-state index contributed by atoms with van der Waals surface area (Å²) in [5.41, 5.74) is 2.19. The topological polar surface area (TPSA) is 95.5 Å². The molecule has 1 atom stereocenters. The number of aromatic nitrogens is 6. The minimum Gasteiger partial charge on any atom is -0.347 e. The molecule has 0 aromatic carbocycles. The highest BCUT2D eigenvalue weighted by atomic mass is 32.1. The predicted molar refractivity (Wildman–Crippen MR) is 100 cm³/mol. The van der Waals surface area contributed by atoms with Crippen molar-refractivity contribution in [1.29, 1.82) is 0 Å². The average molecular weight is 370 g/mol. The Morgan fingerprint density at radius 3 is 2.96 bits per heavy atom. The molecular formula is C17H22N8S. The lowest BCUT2D eigenvalue weighted by molar-refractivity contribution is 0.135. The molecule has 0 amide bonds. The molecule has 3 aromatic rings. The number of aromatic amines is 1. The first kappa shape index (κ1) is 17.0. The number of anilines is 2. The van der Waals surface area contributed by atoms with E-state index in [-0.39, 0.29) is 6.04 Å². The second-order valence-electron chi connectivity index (χ2n) is 6.54. The fraction of sp³-hybridized carbons (Fsp3) is 0.471. The van der Waals surface area contributed by atoms with E-state index in [0.717, 1.165) is 52.7 Å². The molecule has 4 rings (SSSR count). The molecule has 9 heteroatoms. The van der Waals surface area contributed by atoms with Gasteiger partial charge in [-0.3, -0.25) is 4.90 Å². The minimum atomic E-state index is 0.283. The monoisotopic (exact) mass is 370 g/mol. The number of nitrogens with one attached hydrogen (secondary N) is 2. The van der Waals surface area contributed by atoms with Crippen LogP contribution in [0.25, 0.3) is 0 Å². The molecule has 3 aromatic heterocycles. The van der Waals surface area contributed by atoms with Crippen molar-refractivity contribution in [1.82, 2.24) is 35.0 Å². The van der Waals surface area contributed by atoms with Crippen molar-refractivity contribution in [3.8, 4) is 0 Å². The molecule has 1 aliphatic heterocycles. The van der Waals surface area contributed by atoms with E-state index in [9.17, 15) is 0 Å². The molecule has 0 unspecified atom stereocenters. The van der Waals surface area contributed by atoms with Gasteiger partial charge in [0.25, 0.3) is 0 Å². The van der Waals surface area contributed by atoms with Crippen molar-refractivity contribution >= 4 is 22.3 Å². The molecule has 136 valence electrons. The van der Waals surface area contributed by atoms with Crippen LogP contribution in [0.1, 0.15) is 47.5 Å². The van der Waals surface area contributed by atoms with Crippen LogP contribution in [0.15, 0.2) is 18.6 Å². The first-order valence-electron chi connectivity index (χ1n) is 8.81. The summed E-state index contributed by atoms with van der Waals surface area (Å²) in [6, 6.07) is 2.32. The number of nitrogens with zero attached hydrogens (tertiary/aromatic N) is 6. The molecule has 4 heterocycles. The standard InChI is InChI=1S/C17H22N8S/c1-11-20-14(7-16(21-11)22-17-24-23-12(2)26-17)15-5-3-4-6-25(15)9-13-8-18-10-19-13/h7-8,10,15H,3-6,9H2,1-2H3,(H,18,19)(H,20,21,22,24)/t15-/m0/s1. The van der Waals surface area contributed by atoms with Gasteiger partial charge in [0.1, 0.15) is 16.6 Å². The Kier molecular flexibility index (Phi) is 4.89. The van der Waals surface area contributed by atoms with Crippen LogP contribution >= 0.6 is 11.3 Å². The largest absolute Gasteiger partial charge is 0.347 e. The fourth-order valence-corrected chi connectivity index (χ4v) is 3.99. The maximum atomic E-state index is 4.73. The van der Waals surface area contributed by atoms with E-state index in [4.69, 9.17) is 4.98 Å². The Morgan fingerprint density at radius 1 is 1.27 bits per heavy atom. The number of rotatable bonds is 5. The highest BCUT2D eigenvalue weighted by Gasteiger charge is 2.26. The lowest BCUT2D eigenvalue weighted by Gasteiger charge is -2.35. The van der Waals surface area contributed by atoms with Gasteiger partial charge in [-0.15, -0.1) is 10.2 Å². The van der Waals surface area contributed by atoms with Gasteiger partial charge in [-0.25, -0.2) is 15.0 Å².